The van der Waals surface area contributed by atoms with Crippen LogP contribution in [0.3, 0.4) is 0 Å². The van der Waals surface area contributed by atoms with Gasteiger partial charge in [0.05, 0.1) is 11.1 Å². The molecule has 0 aliphatic heterocycles. The largest absolute Gasteiger partial charge is 0.490 e. The summed E-state index contributed by atoms with van der Waals surface area (Å²) in [7, 11) is 0. The Kier molecular flexibility index (Phi) is 4.14. The van der Waals surface area contributed by atoms with E-state index in [4.69, 9.17) is 16.3 Å². The first-order valence-electron chi connectivity index (χ1n) is 3.88. The van der Waals surface area contributed by atoms with E-state index in [2.05, 4.69) is 20.9 Å². The number of benzene rings is 1. The average molecular weight is 277 g/mol. The van der Waals surface area contributed by atoms with Crippen molar-refractivity contribution in [2.24, 2.45) is 4.99 Å². The minimum Gasteiger partial charge on any atom is -0.490 e. The summed E-state index contributed by atoms with van der Waals surface area (Å²) in [5.74, 6) is 0.500. The number of hydrogen-bond donors (Lipinski definition) is 0. The van der Waals surface area contributed by atoms with Gasteiger partial charge in [-0.15, -0.1) is 0 Å². The maximum atomic E-state index is 10.1. The Hall–Kier alpha value is -0.830. The Balaban J connectivity index is 3.28. The first-order valence-corrected chi connectivity index (χ1v) is 5.05. The zero-order chi connectivity index (χ0) is 10.6. The molecule has 0 heterocycles. The quantitative estimate of drug-likeness (QED) is 0.626. The number of aliphatic imine (C=N–C) groups is 1. The van der Waals surface area contributed by atoms with Gasteiger partial charge in [0, 0.05) is 5.02 Å². The molecule has 0 bridgehead atoms. The molecule has 0 radical (unpaired) electrons. The molecule has 0 fully saturated rings. The zero-order valence-electron chi connectivity index (χ0n) is 7.38. The summed E-state index contributed by atoms with van der Waals surface area (Å²) in [4.78, 5) is 13.6. The van der Waals surface area contributed by atoms with Crippen molar-refractivity contribution in [1.29, 1.82) is 0 Å². The number of nitrogens with zero attached hydrogens (tertiary/aromatic N) is 1. The molecule has 14 heavy (non-hydrogen) atoms. The van der Waals surface area contributed by atoms with Crippen LogP contribution in [0.4, 0.5) is 5.69 Å². The minimum absolute atomic E-state index is 0.376. The molecule has 0 aliphatic carbocycles. The monoisotopic (exact) mass is 275 g/mol. The van der Waals surface area contributed by atoms with E-state index in [1.807, 2.05) is 6.92 Å². The molecule has 0 N–H and O–H groups in total. The van der Waals surface area contributed by atoms with E-state index in [-0.39, 0.29) is 0 Å². The molecule has 1 rings (SSSR count). The first-order chi connectivity index (χ1) is 6.69. The van der Waals surface area contributed by atoms with Gasteiger partial charge in [0.25, 0.3) is 0 Å². The molecule has 0 unspecified atom stereocenters. The van der Waals surface area contributed by atoms with Crippen molar-refractivity contribution in [3.05, 3.63) is 21.6 Å². The molecular weight excluding hydrogens is 269 g/mol. The van der Waals surface area contributed by atoms with Crippen molar-refractivity contribution >= 4 is 39.3 Å². The van der Waals surface area contributed by atoms with Crippen molar-refractivity contribution in [2.45, 2.75) is 6.92 Å². The van der Waals surface area contributed by atoms with Crippen LogP contribution in [0, 0.1) is 0 Å². The lowest BCUT2D eigenvalue weighted by molar-refractivity contribution is 0.339. The molecule has 0 aromatic heterocycles. The van der Waals surface area contributed by atoms with Gasteiger partial charge in [-0.1, -0.05) is 11.6 Å². The lowest BCUT2D eigenvalue weighted by Crippen LogP contribution is -1.92. The second kappa shape index (κ2) is 5.15. The van der Waals surface area contributed by atoms with Crippen molar-refractivity contribution in [3.8, 4) is 5.75 Å². The Morgan fingerprint density at radius 1 is 1.64 bits per heavy atom. The predicted molar refractivity (Wildman–Crippen MR) is 58.1 cm³/mol. The highest BCUT2D eigenvalue weighted by Gasteiger charge is 2.09. The second-order valence-corrected chi connectivity index (χ2v) is 3.66. The fourth-order valence-electron chi connectivity index (χ4n) is 0.966. The van der Waals surface area contributed by atoms with Crippen LogP contribution in [0.25, 0.3) is 0 Å². The van der Waals surface area contributed by atoms with Crippen LogP contribution in [0.1, 0.15) is 6.92 Å². The summed E-state index contributed by atoms with van der Waals surface area (Å²) in [6.45, 7) is 2.33. The summed E-state index contributed by atoms with van der Waals surface area (Å²) in [6.07, 6.45) is 1.45. The molecule has 0 amide bonds. The summed E-state index contributed by atoms with van der Waals surface area (Å²) >= 11 is 9.05. The maximum absolute atomic E-state index is 10.1. The summed E-state index contributed by atoms with van der Waals surface area (Å²) in [5.41, 5.74) is 0.376. The van der Waals surface area contributed by atoms with Gasteiger partial charge >= 0.3 is 0 Å². The molecule has 0 saturated carbocycles. The van der Waals surface area contributed by atoms with Crippen molar-refractivity contribution in [2.75, 3.05) is 6.61 Å². The van der Waals surface area contributed by atoms with Gasteiger partial charge in [-0.3, -0.25) is 0 Å². The third kappa shape index (κ3) is 2.58. The van der Waals surface area contributed by atoms with Crippen LogP contribution in [0.5, 0.6) is 5.75 Å². The third-order valence-corrected chi connectivity index (χ3v) is 2.25. The van der Waals surface area contributed by atoms with Crippen molar-refractivity contribution in [3.63, 3.8) is 0 Å². The highest BCUT2D eigenvalue weighted by atomic mass is 79.9. The fraction of sp³-hybridized carbons (Fsp3) is 0.222. The highest BCUT2D eigenvalue weighted by Crippen LogP contribution is 2.38. The predicted octanol–water partition coefficient (Wildman–Crippen LogP) is 3.47. The van der Waals surface area contributed by atoms with Gasteiger partial charge < -0.3 is 4.74 Å². The summed E-state index contributed by atoms with van der Waals surface area (Å²) in [5, 5.41) is 0.481. The molecule has 0 saturated heterocycles. The van der Waals surface area contributed by atoms with Crippen LogP contribution in [0.2, 0.25) is 5.02 Å². The van der Waals surface area contributed by atoms with Crippen LogP contribution in [-0.2, 0) is 4.79 Å². The van der Waals surface area contributed by atoms with E-state index in [0.717, 1.165) is 0 Å². The van der Waals surface area contributed by atoms with Gasteiger partial charge in [0.1, 0.15) is 5.69 Å². The topological polar surface area (TPSA) is 38.7 Å². The smallest absolute Gasteiger partial charge is 0.240 e. The molecule has 74 valence electrons. The van der Waals surface area contributed by atoms with Crippen LogP contribution in [0.15, 0.2) is 21.6 Å². The SMILES string of the molecule is CCOc1c(Br)cc(Cl)cc1N=C=O. The standard InChI is InChI=1S/C9H7BrClNO2/c1-2-14-9-7(10)3-6(11)4-8(9)12-5-13/h3-4H,2H2,1H3. The van der Waals surface area contributed by atoms with Gasteiger partial charge in [-0.2, -0.15) is 4.99 Å². The molecule has 1 aromatic carbocycles. The summed E-state index contributed by atoms with van der Waals surface area (Å²) < 4.78 is 5.96. The van der Waals surface area contributed by atoms with E-state index in [0.29, 0.717) is 27.5 Å². The summed E-state index contributed by atoms with van der Waals surface area (Å²) in [6, 6.07) is 3.22. The number of isocyanates is 1. The highest BCUT2D eigenvalue weighted by molar-refractivity contribution is 9.10. The number of ether oxygens (including phenoxy) is 1. The first kappa shape index (κ1) is 11.2. The third-order valence-electron chi connectivity index (χ3n) is 1.44. The number of hydrogen-bond acceptors (Lipinski definition) is 3. The molecule has 0 spiro atoms. The molecule has 5 heteroatoms. The van der Waals surface area contributed by atoms with E-state index in [1.54, 1.807) is 12.1 Å². The average Bonchev–Trinajstić information content (AvgIpc) is 2.11. The number of rotatable bonds is 3. The van der Waals surface area contributed by atoms with Gasteiger partial charge in [0.2, 0.25) is 6.08 Å². The fourth-order valence-corrected chi connectivity index (χ4v) is 1.87. The second-order valence-electron chi connectivity index (χ2n) is 2.37. The minimum atomic E-state index is 0.376. The number of carbonyl (C=O) groups excluding carboxylic acids is 1. The lowest BCUT2D eigenvalue weighted by Gasteiger charge is -2.08. The lowest BCUT2D eigenvalue weighted by atomic mass is 10.3. The van der Waals surface area contributed by atoms with Crippen molar-refractivity contribution < 1.29 is 9.53 Å². The van der Waals surface area contributed by atoms with Crippen LogP contribution in [-0.4, -0.2) is 12.7 Å². The molecule has 0 aliphatic rings. The Bertz CT molecular complexity index is 389. The Morgan fingerprint density at radius 2 is 2.36 bits per heavy atom. The zero-order valence-corrected chi connectivity index (χ0v) is 9.72. The van der Waals surface area contributed by atoms with Gasteiger partial charge in [-0.05, 0) is 35.0 Å². The molecular formula is C9H7BrClNO2. The number of halogens is 2. The Morgan fingerprint density at radius 3 is 2.93 bits per heavy atom. The molecule has 0 atom stereocenters. The molecule has 3 nitrogen and oxygen atoms in total. The van der Waals surface area contributed by atoms with E-state index in [9.17, 15) is 4.79 Å². The molecule has 1 aromatic rings. The van der Waals surface area contributed by atoms with Crippen molar-refractivity contribution in [1.82, 2.24) is 0 Å². The Labute approximate surface area is 94.9 Å². The van der Waals surface area contributed by atoms with E-state index >= 15 is 0 Å². The maximum Gasteiger partial charge on any atom is 0.240 e. The van der Waals surface area contributed by atoms with Crippen LogP contribution >= 0.6 is 27.5 Å². The van der Waals surface area contributed by atoms with Gasteiger partial charge in [-0.25, -0.2) is 4.79 Å². The van der Waals surface area contributed by atoms with E-state index in [1.165, 1.54) is 6.08 Å². The van der Waals surface area contributed by atoms with E-state index < -0.39 is 0 Å². The van der Waals surface area contributed by atoms with Crippen LogP contribution < -0.4 is 4.74 Å². The normalized spacial score (nSPS) is 9.36. The van der Waals surface area contributed by atoms with Gasteiger partial charge in [0.15, 0.2) is 5.75 Å².